The van der Waals surface area contributed by atoms with Crippen LogP contribution in [0.1, 0.15) is 52.7 Å². The molecule has 0 spiro atoms. The predicted molar refractivity (Wildman–Crippen MR) is 115 cm³/mol. The van der Waals surface area contributed by atoms with Gasteiger partial charge in [0, 0.05) is 29.3 Å². The Kier molecular flexibility index (Phi) is 5.98. The Labute approximate surface area is 188 Å². The lowest BCUT2D eigenvalue weighted by Gasteiger charge is -2.24. The fraction of sp³-hybridized carbons (Fsp3) is 0.348. The number of nitrogen functional groups attached to an aromatic ring is 1. The maximum absolute atomic E-state index is 13.3. The first-order valence-corrected chi connectivity index (χ1v) is 10.4. The topological polar surface area (TPSA) is 102 Å². The molecular weight excluding hydrogens is 437 g/mol. The van der Waals surface area contributed by atoms with E-state index in [0.717, 1.165) is 28.8 Å². The van der Waals surface area contributed by atoms with Gasteiger partial charge in [-0.1, -0.05) is 0 Å². The Hall–Kier alpha value is -3.24. The van der Waals surface area contributed by atoms with Gasteiger partial charge in [0.05, 0.1) is 42.1 Å². The number of ether oxygens (including phenoxy) is 1. The van der Waals surface area contributed by atoms with Crippen LogP contribution in [0, 0.1) is 0 Å². The van der Waals surface area contributed by atoms with Gasteiger partial charge in [0.2, 0.25) is 0 Å². The predicted octanol–water partition coefficient (Wildman–Crippen LogP) is 3.85. The number of pyridine rings is 2. The van der Waals surface area contributed by atoms with Crippen molar-refractivity contribution in [3.63, 3.8) is 0 Å². The van der Waals surface area contributed by atoms with Gasteiger partial charge < -0.3 is 20.5 Å². The summed E-state index contributed by atoms with van der Waals surface area (Å²) in [5.41, 5.74) is 8.16. The van der Waals surface area contributed by atoms with Gasteiger partial charge in [-0.05, 0) is 49.7 Å². The van der Waals surface area contributed by atoms with Crippen molar-refractivity contribution in [2.45, 2.75) is 45.4 Å². The van der Waals surface area contributed by atoms with Crippen molar-refractivity contribution in [3.05, 3.63) is 64.5 Å². The van der Waals surface area contributed by atoms with E-state index in [1.54, 1.807) is 18.2 Å². The summed E-state index contributed by atoms with van der Waals surface area (Å²) < 4.78 is 44.1. The molecular formula is C23H23F3N4O3. The molecule has 0 fully saturated rings. The van der Waals surface area contributed by atoms with Gasteiger partial charge in [-0.25, -0.2) is 4.98 Å². The average molecular weight is 460 g/mol. The second kappa shape index (κ2) is 8.60. The molecule has 1 amide bonds. The number of amides is 1. The van der Waals surface area contributed by atoms with E-state index in [-0.39, 0.29) is 24.9 Å². The zero-order valence-corrected chi connectivity index (χ0v) is 18.1. The first kappa shape index (κ1) is 22.9. The van der Waals surface area contributed by atoms with Gasteiger partial charge in [0.1, 0.15) is 5.82 Å². The highest BCUT2D eigenvalue weighted by Crippen LogP contribution is 2.38. The van der Waals surface area contributed by atoms with Gasteiger partial charge in [-0.3, -0.25) is 9.78 Å². The fourth-order valence-corrected chi connectivity index (χ4v) is 4.00. The third-order valence-electron chi connectivity index (χ3n) is 5.57. The highest BCUT2D eigenvalue weighted by Gasteiger charge is 2.31. The highest BCUT2D eigenvalue weighted by molar-refractivity contribution is 5.99. The number of alkyl halides is 3. The van der Waals surface area contributed by atoms with Crippen LogP contribution in [0.2, 0.25) is 0 Å². The molecule has 1 aromatic carbocycles. The van der Waals surface area contributed by atoms with Crippen LogP contribution in [-0.4, -0.2) is 38.5 Å². The van der Waals surface area contributed by atoms with E-state index >= 15 is 0 Å². The van der Waals surface area contributed by atoms with Crippen molar-refractivity contribution in [1.82, 2.24) is 14.9 Å². The molecule has 3 heterocycles. The van der Waals surface area contributed by atoms with E-state index in [9.17, 15) is 23.1 Å². The molecule has 33 heavy (non-hydrogen) atoms. The highest BCUT2D eigenvalue weighted by atomic mass is 19.4. The van der Waals surface area contributed by atoms with Crippen molar-refractivity contribution in [2.75, 3.05) is 12.3 Å². The van der Waals surface area contributed by atoms with Crippen LogP contribution in [0.15, 0.2) is 36.5 Å². The Morgan fingerprint density at radius 1 is 1.33 bits per heavy atom. The molecule has 0 unspecified atom stereocenters. The standard InChI is InChI=1S/C23H23F3N4O3/c1-12(31)9-30(10-16-5-4-15(8-28-16)23(24,25)26)22(32)14-3-6-19-17(7-14)18-11-33-13(2)20(18)21(27)29-19/h3-8,12-13,31H,9-11H2,1-2H3,(H2,27,29)/t12-,13+/m0/s1. The first-order chi connectivity index (χ1) is 15.5. The molecule has 2 aromatic heterocycles. The van der Waals surface area contributed by atoms with Gasteiger partial charge in [-0.2, -0.15) is 13.2 Å². The van der Waals surface area contributed by atoms with E-state index in [0.29, 0.717) is 23.5 Å². The monoisotopic (exact) mass is 460 g/mol. The molecule has 7 nitrogen and oxygen atoms in total. The van der Waals surface area contributed by atoms with Crippen molar-refractivity contribution >= 4 is 22.6 Å². The quantitative estimate of drug-likeness (QED) is 0.600. The van der Waals surface area contributed by atoms with Crippen molar-refractivity contribution in [3.8, 4) is 0 Å². The van der Waals surface area contributed by atoms with Crippen LogP contribution in [0.5, 0.6) is 0 Å². The molecule has 1 aliphatic heterocycles. The summed E-state index contributed by atoms with van der Waals surface area (Å²) in [7, 11) is 0. The number of hydrogen-bond donors (Lipinski definition) is 2. The normalized spacial score (nSPS) is 16.6. The van der Waals surface area contributed by atoms with Crippen LogP contribution in [0.4, 0.5) is 19.0 Å². The van der Waals surface area contributed by atoms with Crippen molar-refractivity contribution < 1.29 is 27.8 Å². The van der Waals surface area contributed by atoms with E-state index in [1.165, 1.54) is 17.9 Å². The maximum atomic E-state index is 13.3. The van der Waals surface area contributed by atoms with Gasteiger partial charge in [0.25, 0.3) is 5.91 Å². The van der Waals surface area contributed by atoms with Gasteiger partial charge in [-0.15, -0.1) is 0 Å². The summed E-state index contributed by atoms with van der Waals surface area (Å²) in [6.45, 7) is 3.69. The number of benzene rings is 1. The number of nitrogens with zero attached hydrogens (tertiary/aromatic N) is 3. The van der Waals surface area contributed by atoms with Crippen LogP contribution >= 0.6 is 0 Å². The lowest BCUT2D eigenvalue weighted by molar-refractivity contribution is -0.137. The molecule has 0 bridgehead atoms. The number of aromatic nitrogens is 2. The average Bonchev–Trinajstić information content (AvgIpc) is 3.14. The van der Waals surface area contributed by atoms with Crippen LogP contribution < -0.4 is 5.73 Å². The summed E-state index contributed by atoms with van der Waals surface area (Å²) in [4.78, 5) is 22.9. The summed E-state index contributed by atoms with van der Waals surface area (Å²) in [6, 6.07) is 7.16. The molecule has 1 aliphatic rings. The van der Waals surface area contributed by atoms with Crippen LogP contribution in [-0.2, 0) is 24.1 Å². The number of aliphatic hydroxyl groups is 1. The fourth-order valence-electron chi connectivity index (χ4n) is 4.00. The molecule has 4 rings (SSSR count). The lowest BCUT2D eigenvalue weighted by Crippen LogP contribution is -2.36. The summed E-state index contributed by atoms with van der Waals surface area (Å²) in [5, 5.41) is 10.7. The molecule has 3 aromatic rings. The molecule has 3 N–H and O–H groups in total. The summed E-state index contributed by atoms with van der Waals surface area (Å²) >= 11 is 0. The number of carbonyl (C=O) groups is 1. The first-order valence-electron chi connectivity index (χ1n) is 10.4. The molecule has 10 heteroatoms. The summed E-state index contributed by atoms with van der Waals surface area (Å²) in [6.07, 6.45) is -4.81. The van der Waals surface area contributed by atoms with E-state index < -0.39 is 23.8 Å². The molecule has 2 atom stereocenters. The second-order valence-electron chi connectivity index (χ2n) is 8.15. The third-order valence-corrected chi connectivity index (χ3v) is 5.57. The summed E-state index contributed by atoms with van der Waals surface area (Å²) in [5.74, 6) is 0.00252. The van der Waals surface area contributed by atoms with E-state index in [2.05, 4.69) is 9.97 Å². The van der Waals surface area contributed by atoms with Crippen molar-refractivity contribution in [1.29, 1.82) is 0 Å². The lowest BCUT2D eigenvalue weighted by atomic mass is 10.00. The van der Waals surface area contributed by atoms with Crippen LogP contribution in [0.25, 0.3) is 10.9 Å². The molecule has 0 radical (unpaired) electrons. The number of rotatable bonds is 5. The Bertz CT molecular complexity index is 1200. The van der Waals surface area contributed by atoms with E-state index in [1.807, 2.05) is 6.92 Å². The second-order valence-corrected chi connectivity index (χ2v) is 8.15. The minimum Gasteiger partial charge on any atom is -0.392 e. The Balaban J connectivity index is 1.66. The Morgan fingerprint density at radius 3 is 2.73 bits per heavy atom. The van der Waals surface area contributed by atoms with Crippen LogP contribution in [0.3, 0.4) is 0 Å². The number of nitrogens with two attached hydrogens (primary N) is 1. The number of anilines is 1. The minimum atomic E-state index is -4.50. The zero-order valence-electron chi connectivity index (χ0n) is 18.1. The van der Waals surface area contributed by atoms with Gasteiger partial charge in [0.15, 0.2) is 0 Å². The third kappa shape index (κ3) is 4.62. The number of halogens is 3. The van der Waals surface area contributed by atoms with Crippen molar-refractivity contribution in [2.24, 2.45) is 0 Å². The molecule has 0 saturated carbocycles. The molecule has 0 saturated heterocycles. The number of hydrogen-bond acceptors (Lipinski definition) is 6. The van der Waals surface area contributed by atoms with Gasteiger partial charge >= 0.3 is 6.18 Å². The molecule has 174 valence electrons. The minimum absolute atomic E-state index is 0.0161. The smallest absolute Gasteiger partial charge is 0.392 e. The maximum Gasteiger partial charge on any atom is 0.417 e. The number of aliphatic hydroxyl groups excluding tert-OH is 1. The number of carbonyl (C=O) groups excluding carboxylic acids is 1. The Morgan fingerprint density at radius 2 is 2.09 bits per heavy atom. The largest absolute Gasteiger partial charge is 0.417 e. The number of fused-ring (bicyclic) bond motifs is 3. The zero-order chi connectivity index (χ0) is 23.9. The SMILES string of the molecule is C[C@H](O)CN(Cc1ccc(C(F)(F)F)cn1)C(=O)c1ccc2nc(N)c3c(c2c1)CO[C@@H]3C. The molecule has 0 aliphatic carbocycles. The van der Waals surface area contributed by atoms with E-state index in [4.69, 9.17) is 10.5 Å².